The normalized spacial score (nSPS) is 10.5. The predicted molar refractivity (Wildman–Crippen MR) is 87.6 cm³/mol. The molecule has 0 spiro atoms. The highest BCUT2D eigenvalue weighted by Crippen LogP contribution is 2.19. The number of nitrogens with one attached hydrogen (secondary N) is 1. The molecule has 1 N–H and O–H groups in total. The van der Waals surface area contributed by atoms with Crippen molar-refractivity contribution < 1.29 is 4.79 Å². The van der Waals surface area contributed by atoms with Gasteiger partial charge in [-0.2, -0.15) is 0 Å². The van der Waals surface area contributed by atoms with Crippen LogP contribution in [0.1, 0.15) is 32.8 Å². The van der Waals surface area contributed by atoms with Gasteiger partial charge in [0.2, 0.25) is 5.91 Å². The molecular formula is C16H24NOP. The number of carbonyl (C=O) groups is 1. The summed E-state index contributed by atoms with van der Waals surface area (Å²) in [6, 6.07) is 9.67. The smallest absolute Gasteiger partial charge is 0.246 e. The molecule has 104 valence electrons. The molecule has 1 aromatic carbocycles. The van der Waals surface area contributed by atoms with E-state index in [9.17, 15) is 4.79 Å². The molecule has 3 heteroatoms. The van der Waals surface area contributed by atoms with Crippen molar-refractivity contribution in [2.24, 2.45) is 5.41 Å². The van der Waals surface area contributed by atoms with Crippen molar-refractivity contribution in [1.29, 1.82) is 0 Å². The van der Waals surface area contributed by atoms with Crippen LogP contribution in [0.15, 0.2) is 49.1 Å². The van der Waals surface area contributed by atoms with E-state index in [4.69, 9.17) is 0 Å². The summed E-state index contributed by atoms with van der Waals surface area (Å²) in [6.45, 7) is 10.2. The minimum Gasteiger partial charge on any atom is -0.337 e. The molecule has 1 rings (SSSR count). The average molecular weight is 277 g/mol. The van der Waals surface area contributed by atoms with Crippen LogP contribution in [0.25, 0.3) is 6.08 Å². The average Bonchev–Trinajstić information content (AvgIpc) is 2.46. The Morgan fingerprint density at radius 1 is 1.37 bits per heavy atom. The number of hydrogen-bond acceptors (Lipinski definition) is 1. The molecule has 1 atom stereocenters. The molecule has 1 unspecified atom stereocenters. The van der Waals surface area contributed by atoms with E-state index in [2.05, 4.69) is 41.8 Å². The van der Waals surface area contributed by atoms with Gasteiger partial charge in [-0.05, 0) is 32.9 Å². The predicted octanol–water partition coefficient (Wildman–Crippen LogP) is 4.21. The molecule has 0 radical (unpaired) electrons. The van der Waals surface area contributed by atoms with Crippen LogP contribution in [0.5, 0.6) is 0 Å². The van der Waals surface area contributed by atoms with E-state index in [0.717, 1.165) is 5.56 Å². The van der Waals surface area contributed by atoms with E-state index in [-0.39, 0.29) is 5.91 Å². The van der Waals surface area contributed by atoms with Crippen molar-refractivity contribution in [2.45, 2.75) is 27.2 Å². The first-order chi connectivity index (χ1) is 8.95. The molecule has 0 fully saturated rings. The zero-order chi connectivity index (χ0) is 14.7. The fraction of sp³-hybridized carbons (Fsp3) is 0.312. The minimum absolute atomic E-state index is 0.121. The third-order valence-corrected chi connectivity index (χ3v) is 3.12. The zero-order valence-electron chi connectivity index (χ0n) is 12.0. The van der Waals surface area contributed by atoms with Crippen molar-refractivity contribution >= 4 is 21.4 Å². The summed E-state index contributed by atoms with van der Waals surface area (Å²) in [7, 11) is 2.15. The number of allylic oxidation sites excluding steroid dienone is 1. The molecule has 19 heavy (non-hydrogen) atoms. The Morgan fingerprint density at radius 3 is 2.32 bits per heavy atom. The molecule has 0 aliphatic rings. The quantitative estimate of drug-likeness (QED) is 0.498. The van der Waals surface area contributed by atoms with Gasteiger partial charge < -0.3 is 5.09 Å². The van der Waals surface area contributed by atoms with Gasteiger partial charge in [0.15, 0.2) is 0 Å². The van der Waals surface area contributed by atoms with Crippen molar-refractivity contribution in [1.82, 2.24) is 5.09 Å². The van der Waals surface area contributed by atoms with Gasteiger partial charge in [-0.3, -0.25) is 4.79 Å². The van der Waals surface area contributed by atoms with Crippen LogP contribution in [0.4, 0.5) is 0 Å². The van der Waals surface area contributed by atoms with Crippen molar-refractivity contribution in [3.8, 4) is 0 Å². The second kappa shape index (κ2) is 9.52. The van der Waals surface area contributed by atoms with Crippen LogP contribution < -0.4 is 5.09 Å². The van der Waals surface area contributed by atoms with Crippen molar-refractivity contribution in [3.05, 3.63) is 54.6 Å². The number of rotatable bonds is 4. The second-order valence-electron chi connectivity index (χ2n) is 4.80. The maximum atomic E-state index is 10.8. The topological polar surface area (TPSA) is 29.1 Å². The number of amides is 1. The summed E-state index contributed by atoms with van der Waals surface area (Å²) in [5.74, 6) is -0.121. The largest absolute Gasteiger partial charge is 0.337 e. The number of hydrogen-bond donors (Lipinski definition) is 1. The number of carbonyl (C=O) groups excluding carboxylic acids is 1. The molecule has 0 aromatic heterocycles. The molecule has 0 saturated heterocycles. The highest BCUT2D eigenvalue weighted by molar-refractivity contribution is 7.15. The summed E-state index contributed by atoms with van der Waals surface area (Å²) < 4.78 is 0. The van der Waals surface area contributed by atoms with Gasteiger partial charge in [0.05, 0.1) is 0 Å². The van der Waals surface area contributed by atoms with Crippen LogP contribution in [-0.2, 0) is 4.79 Å². The van der Waals surface area contributed by atoms with Gasteiger partial charge in [-0.1, -0.05) is 57.2 Å². The molecule has 0 bridgehead atoms. The van der Waals surface area contributed by atoms with Crippen LogP contribution >= 0.6 is 9.39 Å². The summed E-state index contributed by atoms with van der Waals surface area (Å²) in [5, 5.41) is 2.43. The van der Waals surface area contributed by atoms with E-state index in [0.29, 0.717) is 5.41 Å². The van der Waals surface area contributed by atoms with Crippen molar-refractivity contribution in [3.63, 3.8) is 0 Å². The molecule has 2 nitrogen and oxygen atoms in total. The molecular weight excluding hydrogens is 253 g/mol. The first-order valence-electron chi connectivity index (χ1n) is 6.32. The van der Waals surface area contributed by atoms with E-state index in [1.165, 1.54) is 12.5 Å². The third kappa shape index (κ3) is 9.21. The Bertz CT molecular complexity index is 410. The summed E-state index contributed by atoms with van der Waals surface area (Å²) in [4.78, 5) is 10.8. The maximum absolute atomic E-state index is 10.8. The first-order valence-corrected chi connectivity index (χ1v) is 6.90. The summed E-state index contributed by atoms with van der Waals surface area (Å²) >= 11 is 0. The maximum Gasteiger partial charge on any atom is 0.246 e. The van der Waals surface area contributed by atoms with Crippen LogP contribution in [0, 0.1) is 5.41 Å². The molecule has 1 aromatic rings. The monoisotopic (exact) mass is 277 g/mol. The summed E-state index contributed by atoms with van der Waals surface area (Å²) in [5.41, 5.74) is 1.37. The van der Waals surface area contributed by atoms with Gasteiger partial charge in [0.1, 0.15) is 0 Å². The van der Waals surface area contributed by atoms with Crippen molar-refractivity contribution in [2.75, 3.05) is 0 Å². The SMILES string of the molecule is C=CC(C)(C)CC.O=C(/C=C/c1ccccc1)NP. The Kier molecular flexibility index (Phi) is 8.82. The lowest BCUT2D eigenvalue weighted by Crippen LogP contribution is -2.06. The highest BCUT2D eigenvalue weighted by Gasteiger charge is 2.06. The zero-order valence-corrected chi connectivity index (χ0v) is 13.2. The van der Waals surface area contributed by atoms with Gasteiger partial charge >= 0.3 is 0 Å². The molecule has 0 aliphatic carbocycles. The molecule has 0 saturated carbocycles. The lowest BCUT2D eigenvalue weighted by molar-refractivity contribution is -0.114. The molecule has 0 aliphatic heterocycles. The number of benzene rings is 1. The lowest BCUT2D eigenvalue weighted by Gasteiger charge is -2.14. The third-order valence-electron chi connectivity index (χ3n) is 2.83. The Hall–Kier alpha value is -1.40. The fourth-order valence-corrected chi connectivity index (χ4v) is 1.02. The Balaban J connectivity index is 0.000000399. The lowest BCUT2D eigenvalue weighted by atomic mass is 9.91. The molecule has 0 heterocycles. The standard InChI is InChI=1S/C9H10NOP.C7H14/c11-9(10-12)7-6-8-4-2-1-3-5-8;1-5-7(3,4)6-2/h1-7H,12H2,(H,10,11);5H,1,6H2,2-4H3/b7-6+;. The minimum atomic E-state index is -0.121. The van der Waals surface area contributed by atoms with E-state index in [1.54, 1.807) is 6.08 Å². The van der Waals surface area contributed by atoms with Gasteiger partial charge in [-0.15, -0.1) is 6.58 Å². The van der Waals surface area contributed by atoms with Crippen LogP contribution in [0.2, 0.25) is 0 Å². The highest BCUT2D eigenvalue weighted by atomic mass is 31.0. The summed E-state index contributed by atoms with van der Waals surface area (Å²) in [6.07, 6.45) is 6.42. The fourth-order valence-electron chi connectivity index (χ4n) is 0.929. The second-order valence-corrected chi connectivity index (χ2v) is 5.09. The molecule has 1 amide bonds. The first kappa shape index (κ1) is 17.6. The van der Waals surface area contributed by atoms with E-state index >= 15 is 0 Å². The van der Waals surface area contributed by atoms with E-state index in [1.807, 2.05) is 36.4 Å². The van der Waals surface area contributed by atoms with E-state index < -0.39 is 0 Å². The van der Waals surface area contributed by atoms with Crippen LogP contribution in [-0.4, -0.2) is 5.91 Å². The van der Waals surface area contributed by atoms with Crippen LogP contribution in [0.3, 0.4) is 0 Å². The van der Waals surface area contributed by atoms with Gasteiger partial charge in [0.25, 0.3) is 0 Å². The Labute approximate surface area is 119 Å². The van der Waals surface area contributed by atoms with Gasteiger partial charge in [-0.25, -0.2) is 0 Å². The van der Waals surface area contributed by atoms with Gasteiger partial charge in [0, 0.05) is 6.08 Å². The Morgan fingerprint density at radius 2 is 1.95 bits per heavy atom.